The van der Waals surface area contributed by atoms with Crippen molar-refractivity contribution >= 4 is 23.4 Å². The van der Waals surface area contributed by atoms with E-state index < -0.39 is 6.04 Å². The first-order valence-electron chi connectivity index (χ1n) is 11.8. The van der Waals surface area contributed by atoms with Crippen molar-refractivity contribution in [1.82, 2.24) is 4.90 Å². The maximum Gasteiger partial charge on any atom is 0.257 e. The van der Waals surface area contributed by atoms with Crippen molar-refractivity contribution in [2.24, 2.45) is 0 Å². The zero-order chi connectivity index (χ0) is 22.7. The third-order valence-corrected chi connectivity index (χ3v) is 6.73. The van der Waals surface area contributed by atoms with Crippen LogP contribution in [0.2, 0.25) is 0 Å². The van der Waals surface area contributed by atoms with Crippen LogP contribution in [0.5, 0.6) is 0 Å². The topological polar surface area (TPSA) is 57.7 Å². The van der Waals surface area contributed by atoms with E-state index in [9.17, 15) is 14.4 Å². The molecular weight excluding hydrogens is 400 g/mol. The van der Waals surface area contributed by atoms with Gasteiger partial charge in [0, 0.05) is 6.04 Å². The molecule has 1 heterocycles. The fraction of sp³-hybridized carbons (Fsp3) is 0.444. The minimum absolute atomic E-state index is 0.0185. The molecule has 5 nitrogen and oxygen atoms in total. The Labute approximate surface area is 190 Å². The Kier molecular flexibility index (Phi) is 6.73. The Bertz CT molecular complexity index is 962. The van der Waals surface area contributed by atoms with Crippen LogP contribution in [0, 0.1) is 0 Å². The number of hydrogen-bond acceptors (Lipinski definition) is 3. The van der Waals surface area contributed by atoms with Crippen LogP contribution in [-0.4, -0.2) is 34.7 Å². The second-order valence-corrected chi connectivity index (χ2v) is 9.29. The molecule has 0 bridgehead atoms. The van der Waals surface area contributed by atoms with Gasteiger partial charge >= 0.3 is 0 Å². The van der Waals surface area contributed by atoms with Crippen molar-refractivity contribution in [1.29, 1.82) is 0 Å². The molecule has 0 aromatic heterocycles. The predicted octanol–water partition coefficient (Wildman–Crippen LogP) is 4.85. The Morgan fingerprint density at radius 2 is 1.62 bits per heavy atom. The maximum atomic E-state index is 13.5. The molecule has 1 atom stereocenters. The lowest BCUT2D eigenvalue weighted by Crippen LogP contribution is -2.51. The van der Waals surface area contributed by atoms with Gasteiger partial charge < -0.3 is 4.90 Å². The SMILES string of the molecule is CC(C)c1ccc(N2C(=O)CC(N(C(=O)Cc3ccccc3)C3CCCCC3)C2=O)cc1. The van der Waals surface area contributed by atoms with Crippen LogP contribution < -0.4 is 4.90 Å². The molecule has 1 saturated heterocycles. The van der Waals surface area contributed by atoms with Crippen LogP contribution in [0.25, 0.3) is 0 Å². The van der Waals surface area contributed by atoms with Gasteiger partial charge in [0.2, 0.25) is 11.8 Å². The lowest BCUT2D eigenvalue weighted by atomic mass is 9.92. The molecule has 3 amide bonds. The van der Waals surface area contributed by atoms with Crippen molar-refractivity contribution in [3.05, 3.63) is 65.7 Å². The zero-order valence-electron chi connectivity index (χ0n) is 19.0. The van der Waals surface area contributed by atoms with Gasteiger partial charge in [0.15, 0.2) is 0 Å². The second kappa shape index (κ2) is 9.68. The van der Waals surface area contributed by atoms with Gasteiger partial charge in [-0.2, -0.15) is 0 Å². The van der Waals surface area contributed by atoms with Gasteiger partial charge in [-0.1, -0.05) is 75.6 Å². The molecule has 1 unspecified atom stereocenters. The van der Waals surface area contributed by atoms with Gasteiger partial charge in [-0.15, -0.1) is 0 Å². The molecule has 1 saturated carbocycles. The molecular formula is C27H32N2O3. The van der Waals surface area contributed by atoms with E-state index in [1.54, 1.807) is 4.90 Å². The third-order valence-electron chi connectivity index (χ3n) is 6.73. The molecule has 32 heavy (non-hydrogen) atoms. The number of imide groups is 1. The van der Waals surface area contributed by atoms with E-state index in [1.165, 1.54) is 4.90 Å². The lowest BCUT2D eigenvalue weighted by molar-refractivity contribution is -0.141. The van der Waals surface area contributed by atoms with E-state index >= 15 is 0 Å². The molecule has 2 aromatic carbocycles. The molecule has 1 aliphatic heterocycles. The first-order valence-corrected chi connectivity index (χ1v) is 11.8. The van der Waals surface area contributed by atoms with Crippen LogP contribution in [-0.2, 0) is 20.8 Å². The molecule has 2 fully saturated rings. The molecule has 0 radical (unpaired) electrons. The van der Waals surface area contributed by atoms with Crippen molar-refractivity contribution in [3.8, 4) is 0 Å². The standard InChI is InChI=1S/C27H32N2O3/c1-19(2)21-13-15-23(16-14-21)29-26(31)18-24(27(29)32)28(22-11-7-4-8-12-22)25(30)17-20-9-5-3-6-10-20/h3,5-6,9-10,13-16,19,22,24H,4,7-8,11-12,17-18H2,1-2H3. The second-order valence-electron chi connectivity index (χ2n) is 9.29. The minimum atomic E-state index is -0.716. The maximum absolute atomic E-state index is 13.5. The average molecular weight is 433 g/mol. The Morgan fingerprint density at radius 3 is 2.25 bits per heavy atom. The highest BCUT2D eigenvalue weighted by Crippen LogP contribution is 2.32. The average Bonchev–Trinajstić information content (AvgIpc) is 3.09. The number of nitrogens with zero attached hydrogens (tertiary/aromatic N) is 2. The molecule has 2 aliphatic rings. The van der Waals surface area contributed by atoms with Crippen LogP contribution in [0.3, 0.4) is 0 Å². The summed E-state index contributed by atoms with van der Waals surface area (Å²) >= 11 is 0. The number of hydrogen-bond donors (Lipinski definition) is 0. The summed E-state index contributed by atoms with van der Waals surface area (Å²) in [4.78, 5) is 42.9. The van der Waals surface area contributed by atoms with E-state index in [0.717, 1.165) is 43.2 Å². The summed E-state index contributed by atoms with van der Waals surface area (Å²) < 4.78 is 0. The summed E-state index contributed by atoms with van der Waals surface area (Å²) in [6, 6.07) is 16.5. The molecule has 4 rings (SSSR count). The molecule has 2 aromatic rings. The fourth-order valence-electron chi connectivity index (χ4n) is 4.97. The van der Waals surface area contributed by atoms with Gasteiger partial charge in [-0.3, -0.25) is 14.4 Å². The van der Waals surface area contributed by atoms with Gasteiger partial charge in [-0.25, -0.2) is 4.90 Å². The fourth-order valence-corrected chi connectivity index (χ4v) is 4.97. The number of benzene rings is 2. The molecule has 5 heteroatoms. The van der Waals surface area contributed by atoms with E-state index in [0.29, 0.717) is 11.6 Å². The number of carbonyl (C=O) groups excluding carboxylic acids is 3. The van der Waals surface area contributed by atoms with E-state index in [2.05, 4.69) is 13.8 Å². The van der Waals surface area contributed by atoms with Crippen LogP contribution in [0.15, 0.2) is 54.6 Å². The van der Waals surface area contributed by atoms with Crippen molar-refractivity contribution < 1.29 is 14.4 Å². The van der Waals surface area contributed by atoms with Crippen molar-refractivity contribution in [2.75, 3.05) is 4.90 Å². The smallest absolute Gasteiger partial charge is 0.257 e. The summed E-state index contributed by atoms with van der Waals surface area (Å²) in [6.07, 6.45) is 5.34. The zero-order valence-corrected chi connectivity index (χ0v) is 19.0. The predicted molar refractivity (Wildman–Crippen MR) is 125 cm³/mol. The Balaban J connectivity index is 1.59. The monoisotopic (exact) mass is 432 g/mol. The van der Waals surface area contributed by atoms with Gasteiger partial charge in [0.1, 0.15) is 6.04 Å². The largest absolute Gasteiger partial charge is 0.327 e. The minimum Gasteiger partial charge on any atom is -0.327 e. The van der Waals surface area contributed by atoms with Gasteiger partial charge in [-0.05, 0) is 42.0 Å². The first-order chi connectivity index (χ1) is 15.5. The first kappa shape index (κ1) is 22.3. The van der Waals surface area contributed by atoms with Gasteiger partial charge in [0.05, 0.1) is 18.5 Å². The van der Waals surface area contributed by atoms with Crippen molar-refractivity contribution in [3.63, 3.8) is 0 Å². The normalized spacial score (nSPS) is 19.6. The number of anilines is 1. The highest BCUT2D eigenvalue weighted by molar-refractivity contribution is 6.23. The van der Waals surface area contributed by atoms with E-state index in [4.69, 9.17) is 0 Å². The van der Waals surface area contributed by atoms with Crippen LogP contribution >= 0.6 is 0 Å². The Morgan fingerprint density at radius 1 is 0.969 bits per heavy atom. The van der Waals surface area contributed by atoms with Crippen molar-refractivity contribution in [2.45, 2.75) is 76.8 Å². The number of carbonyl (C=O) groups is 3. The molecule has 1 aliphatic carbocycles. The molecule has 168 valence electrons. The summed E-state index contributed by atoms with van der Waals surface area (Å²) in [5, 5.41) is 0. The summed E-state index contributed by atoms with van der Waals surface area (Å²) in [7, 11) is 0. The molecule has 0 N–H and O–H groups in total. The van der Waals surface area contributed by atoms with Gasteiger partial charge in [0.25, 0.3) is 5.91 Å². The lowest BCUT2D eigenvalue weighted by Gasteiger charge is -2.37. The van der Waals surface area contributed by atoms with Crippen LogP contribution in [0.4, 0.5) is 5.69 Å². The highest BCUT2D eigenvalue weighted by Gasteiger charge is 2.46. The molecule has 0 spiro atoms. The number of amides is 3. The number of rotatable bonds is 6. The van der Waals surface area contributed by atoms with E-state index in [-0.39, 0.29) is 36.6 Å². The third kappa shape index (κ3) is 4.62. The summed E-state index contributed by atoms with van der Waals surface area (Å²) in [5.41, 5.74) is 2.67. The van der Waals surface area contributed by atoms with E-state index in [1.807, 2.05) is 54.6 Å². The summed E-state index contributed by atoms with van der Waals surface area (Å²) in [6.45, 7) is 4.22. The van der Waals surface area contributed by atoms with Crippen LogP contribution in [0.1, 0.15) is 69.4 Å². The quantitative estimate of drug-likeness (QED) is 0.614. The highest BCUT2D eigenvalue weighted by atomic mass is 16.2. The Hall–Kier alpha value is -2.95. The summed E-state index contributed by atoms with van der Waals surface area (Å²) in [5.74, 6) is -0.199.